The molecule has 4 aromatic rings. The van der Waals surface area contributed by atoms with E-state index < -0.39 is 25.8 Å². The van der Waals surface area contributed by atoms with Crippen LogP contribution in [0.15, 0.2) is 65.5 Å². The van der Waals surface area contributed by atoms with Crippen LogP contribution >= 0.6 is 11.6 Å². The van der Waals surface area contributed by atoms with Gasteiger partial charge in [0, 0.05) is 36.7 Å². The van der Waals surface area contributed by atoms with Crippen LogP contribution in [0.4, 0.5) is 0 Å². The van der Waals surface area contributed by atoms with Gasteiger partial charge in [-0.1, -0.05) is 82.0 Å². The molecule has 0 radical (unpaired) electrons. The fraction of sp³-hybridized carbons (Fsp3) is 0.452. The van der Waals surface area contributed by atoms with E-state index in [9.17, 15) is 24.6 Å². The lowest BCUT2D eigenvalue weighted by Gasteiger charge is -2.39. The second-order valence-corrected chi connectivity index (χ2v) is 21.1. The molecule has 5 rings (SSSR count). The fourth-order valence-electron chi connectivity index (χ4n) is 7.12. The highest BCUT2D eigenvalue weighted by atomic mass is 35.5. The molecule has 0 saturated heterocycles. The molecule has 1 heterocycles. The minimum Gasteiger partial charge on any atom is -0.506 e. The largest absolute Gasteiger partial charge is 0.506 e. The number of aliphatic carboxylic acids is 1. The van der Waals surface area contributed by atoms with Gasteiger partial charge in [0.1, 0.15) is 11.5 Å². The summed E-state index contributed by atoms with van der Waals surface area (Å²) < 4.78 is 12.6. The third-order valence-corrected chi connectivity index (χ3v) is 16.1. The van der Waals surface area contributed by atoms with Crippen LogP contribution < -0.4 is 20.9 Å². The Kier molecular flexibility index (Phi) is 13.0. The number of hydrogen-bond donors (Lipinski definition) is 5. The number of rotatable bonds is 15. The van der Waals surface area contributed by atoms with E-state index in [1.54, 1.807) is 31.4 Å². The van der Waals surface area contributed by atoms with Crippen molar-refractivity contribution in [2.24, 2.45) is 0 Å². The molecule has 1 atom stereocenters. The predicted octanol–water partition coefficient (Wildman–Crippen LogP) is 8.40. The lowest BCUT2D eigenvalue weighted by molar-refractivity contribution is -0.145. The van der Waals surface area contributed by atoms with Gasteiger partial charge in [0.25, 0.3) is 5.91 Å². The SMILES string of the molecule is COc1cc(C(=O)NCCCc2cccc(C3(C(=O)O)CCCCC3)c2)c(Cl)cc1CNC[C@H](O[Si](C)(C)C(C)(C)C)c1ccc(O)c2[nH]c(=O)ccc12. The van der Waals surface area contributed by atoms with Crippen molar-refractivity contribution in [3.8, 4) is 11.5 Å². The molecule has 1 saturated carbocycles. The lowest BCUT2D eigenvalue weighted by atomic mass is 9.69. The molecule has 3 aromatic carbocycles. The number of carboxylic acids is 1. The summed E-state index contributed by atoms with van der Waals surface area (Å²) in [5.41, 5.74) is 3.08. The van der Waals surface area contributed by atoms with E-state index >= 15 is 0 Å². The number of methoxy groups -OCH3 is 1. The number of hydrogen-bond acceptors (Lipinski definition) is 7. The number of aromatic nitrogens is 1. The van der Waals surface area contributed by atoms with Crippen molar-refractivity contribution in [3.63, 3.8) is 0 Å². The monoisotopic (exact) mass is 775 g/mol. The van der Waals surface area contributed by atoms with Crippen LogP contribution in [0.3, 0.4) is 0 Å². The molecule has 290 valence electrons. The highest BCUT2D eigenvalue weighted by Gasteiger charge is 2.41. The zero-order chi connectivity index (χ0) is 39.3. The number of aromatic hydroxyl groups is 1. The summed E-state index contributed by atoms with van der Waals surface area (Å²) >= 11 is 6.70. The number of phenols is 1. The minimum absolute atomic E-state index is 0.0101. The Morgan fingerprint density at radius 1 is 1.04 bits per heavy atom. The molecular weight excluding hydrogens is 722 g/mol. The molecule has 5 N–H and O–H groups in total. The van der Waals surface area contributed by atoms with Crippen molar-refractivity contribution in [2.75, 3.05) is 20.2 Å². The van der Waals surface area contributed by atoms with Crippen molar-refractivity contribution >= 4 is 42.7 Å². The van der Waals surface area contributed by atoms with Crippen molar-refractivity contribution < 1.29 is 29.0 Å². The third kappa shape index (κ3) is 9.19. The van der Waals surface area contributed by atoms with Crippen LogP contribution in [-0.4, -0.2) is 55.6 Å². The number of halogens is 1. The summed E-state index contributed by atoms with van der Waals surface area (Å²) in [5.74, 6) is -0.552. The number of carboxylic acid groups (broad SMARTS) is 1. The second kappa shape index (κ2) is 17.1. The van der Waals surface area contributed by atoms with Gasteiger partial charge in [-0.3, -0.25) is 14.4 Å². The van der Waals surface area contributed by atoms with Gasteiger partial charge in [0.2, 0.25) is 5.56 Å². The van der Waals surface area contributed by atoms with Gasteiger partial charge in [0.05, 0.1) is 34.7 Å². The number of fused-ring (bicyclic) bond motifs is 1. The van der Waals surface area contributed by atoms with Crippen molar-refractivity contribution in [2.45, 2.75) is 102 Å². The first-order valence-electron chi connectivity index (χ1n) is 18.8. The number of carbonyl (C=O) groups is 2. The quantitative estimate of drug-likeness (QED) is 0.0597. The number of aryl methyl sites for hydroxylation is 1. The summed E-state index contributed by atoms with van der Waals surface area (Å²) in [4.78, 5) is 40.5. The average molecular weight is 776 g/mol. The zero-order valence-corrected chi connectivity index (χ0v) is 34.0. The molecule has 0 spiro atoms. The van der Waals surface area contributed by atoms with E-state index in [0.29, 0.717) is 72.6 Å². The molecule has 0 aliphatic heterocycles. The number of aromatic amines is 1. The predicted molar refractivity (Wildman–Crippen MR) is 216 cm³/mol. The molecule has 10 nitrogen and oxygen atoms in total. The van der Waals surface area contributed by atoms with Crippen LogP contribution in [0, 0.1) is 0 Å². The van der Waals surface area contributed by atoms with E-state index in [1.165, 1.54) is 6.07 Å². The first-order valence-corrected chi connectivity index (χ1v) is 22.1. The zero-order valence-electron chi connectivity index (χ0n) is 32.2. The van der Waals surface area contributed by atoms with Gasteiger partial charge in [0.15, 0.2) is 8.32 Å². The number of benzene rings is 3. The fourth-order valence-corrected chi connectivity index (χ4v) is 8.66. The van der Waals surface area contributed by atoms with Crippen molar-refractivity contribution in [1.29, 1.82) is 0 Å². The topological polar surface area (TPSA) is 150 Å². The third-order valence-electron chi connectivity index (χ3n) is 11.3. The van der Waals surface area contributed by atoms with Gasteiger partial charge in [-0.25, -0.2) is 0 Å². The lowest BCUT2D eigenvalue weighted by Crippen LogP contribution is -2.43. The van der Waals surface area contributed by atoms with Crippen LogP contribution in [0.5, 0.6) is 11.5 Å². The van der Waals surface area contributed by atoms with E-state index in [2.05, 4.69) is 49.5 Å². The molecule has 1 aliphatic carbocycles. The Hall–Kier alpha value is -4.16. The van der Waals surface area contributed by atoms with E-state index in [1.807, 2.05) is 30.3 Å². The summed E-state index contributed by atoms with van der Waals surface area (Å²) in [7, 11) is -0.723. The summed E-state index contributed by atoms with van der Waals surface area (Å²) in [6, 6.07) is 17.9. The molecule has 1 amide bonds. The Balaban J connectivity index is 1.24. The number of H-pyrrole nitrogens is 1. The number of ether oxygens (including phenoxy) is 1. The molecule has 54 heavy (non-hydrogen) atoms. The summed E-state index contributed by atoms with van der Waals surface area (Å²) in [6.45, 7) is 12.1. The van der Waals surface area contributed by atoms with Gasteiger partial charge < -0.3 is 35.0 Å². The number of amides is 1. The van der Waals surface area contributed by atoms with Gasteiger partial charge in [-0.2, -0.15) is 0 Å². The van der Waals surface area contributed by atoms with Crippen LogP contribution in [0.2, 0.25) is 23.2 Å². The van der Waals surface area contributed by atoms with Gasteiger partial charge in [-0.15, -0.1) is 0 Å². The Morgan fingerprint density at radius 2 is 1.78 bits per heavy atom. The molecule has 0 unspecified atom stereocenters. The first-order chi connectivity index (χ1) is 25.6. The number of pyridine rings is 1. The smallest absolute Gasteiger partial charge is 0.314 e. The summed E-state index contributed by atoms with van der Waals surface area (Å²) in [5, 5.41) is 28.1. The Labute approximate surface area is 323 Å². The highest BCUT2D eigenvalue weighted by molar-refractivity contribution is 6.74. The number of carbonyl (C=O) groups excluding carboxylic acids is 1. The van der Waals surface area contributed by atoms with E-state index in [-0.39, 0.29) is 22.3 Å². The molecule has 1 aliphatic rings. The maximum atomic E-state index is 13.3. The van der Waals surface area contributed by atoms with Gasteiger partial charge in [-0.05, 0) is 84.8 Å². The van der Waals surface area contributed by atoms with Crippen LogP contribution in [0.1, 0.15) is 98.0 Å². The van der Waals surface area contributed by atoms with E-state index in [0.717, 1.165) is 41.5 Å². The first kappa shape index (κ1) is 41.0. The molecule has 1 aromatic heterocycles. The van der Waals surface area contributed by atoms with Crippen LogP contribution in [-0.2, 0) is 27.6 Å². The maximum Gasteiger partial charge on any atom is 0.314 e. The number of phenolic OH excluding ortho intramolecular Hbond substituents is 1. The summed E-state index contributed by atoms with van der Waals surface area (Å²) in [6.07, 6.45) is 5.21. The Bertz CT molecular complexity index is 2030. The second-order valence-electron chi connectivity index (χ2n) is 15.9. The van der Waals surface area contributed by atoms with Crippen molar-refractivity contribution in [1.82, 2.24) is 15.6 Å². The standard InChI is InChI=1S/C42H54ClN3O7Si/c1-41(2,3)54(5,6)53-36(30-15-17-34(47)38-31(30)16-18-37(48)46-38)26-44-25-28-23-33(43)32(24-35(28)52-4)39(49)45-21-11-13-27-12-10-14-29(22-27)42(40(50)51)19-8-7-9-20-42/h10,12,14-18,22-24,36,44,47H,7-9,11,13,19-21,25-26H2,1-6H3,(H,45,49)(H,46,48)(H,50,51)/t36-/m0/s1. The maximum absolute atomic E-state index is 13.3. The molecule has 0 bridgehead atoms. The molecular formula is C42H54ClN3O7Si. The Morgan fingerprint density at radius 3 is 2.46 bits per heavy atom. The molecule has 12 heteroatoms. The van der Waals surface area contributed by atoms with Gasteiger partial charge >= 0.3 is 5.97 Å². The average Bonchev–Trinajstić information content (AvgIpc) is 3.13. The molecule has 1 fully saturated rings. The minimum atomic E-state index is -2.28. The van der Waals surface area contributed by atoms with E-state index in [4.69, 9.17) is 20.8 Å². The number of nitrogens with one attached hydrogen (secondary N) is 3. The van der Waals surface area contributed by atoms with Crippen LogP contribution in [0.25, 0.3) is 10.9 Å². The highest BCUT2D eigenvalue weighted by Crippen LogP contribution is 2.42. The van der Waals surface area contributed by atoms with Crippen molar-refractivity contribution in [3.05, 3.63) is 104 Å². The normalized spacial score (nSPS) is 15.2.